The van der Waals surface area contributed by atoms with E-state index in [-0.39, 0.29) is 32.7 Å². The van der Waals surface area contributed by atoms with Gasteiger partial charge in [-0.3, -0.25) is 9.52 Å². The molecule has 7 nitrogen and oxygen atoms in total. The SMILES string of the molecule is O=C(O)C(Cl)Cc1cc(Cl)cc(S(=O)(=O)Nc2ccc(F)c(C#Cc3cnc(Cl)nc3)c2F)c1. The van der Waals surface area contributed by atoms with Gasteiger partial charge in [-0.1, -0.05) is 23.4 Å². The van der Waals surface area contributed by atoms with Crippen LogP contribution in [-0.4, -0.2) is 34.8 Å². The van der Waals surface area contributed by atoms with Crippen LogP contribution in [0.1, 0.15) is 16.7 Å². The van der Waals surface area contributed by atoms with E-state index in [0.717, 1.165) is 24.3 Å². The Morgan fingerprint density at radius 3 is 2.44 bits per heavy atom. The van der Waals surface area contributed by atoms with E-state index in [1.165, 1.54) is 18.5 Å². The van der Waals surface area contributed by atoms with Crippen LogP contribution in [0.15, 0.2) is 47.6 Å². The maximum absolute atomic E-state index is 14.9. The standard InChI is InChI=1S/C21H12Cl3F2N3O4S/c22-13-5-12(7-16(23)20(30)31)6-14(8-13)34(32,33)29-18-4-3-17(25)15(19(18)26)2-1-11-9-27-21(24)28-10-11/h3-6,8-10,16,29H,7H2,(H,30,31). The summed E-state index contributed by atoms with van der Waals surface area (Å²) in [5.74, 6) is 1.19. The predicted octanol–water partition coefficient (Wildman–Crippen LogP) is 4.50. The van der Waals surface area contributed by atoms with Gasteiger partial charge in [0.25, 0.3) is 10.0 Å². The molecule has 1 aromatic heterocycles. The fraction of sp³-hybridized carbons (Fsp3) is 0.0952. The first-order valence-corrected chi connectivity index (χ1v) is 11.8. The Kier molecular flexibility index (Phi) is 7.94. The molecule has 0 saturated heterocycles. The number of hydrogen-bond acceptors (Lipinski definition) is 5. The molecular weight excluding hydrogens is 535 g/mol. The average molecular weight is 547 g/mol. The van der Waals surface area contributed by atoms with Crippen LogP contribution in [-0.2, 0) is 21.2 Å². The van der Waals surface area contributed by atoms with Gasteiger partial charge in [0.05, 0.1) is 21.7 Å². The lowest BCUT2D eigenvalue weighted by molar-refractivity contribution is -0.136. The van der Waals surface area contributed by atoms with Crippen molar-refractivity contribution in [2.75, 3.05) is 4.72 Å². The van der Waals surface area contributed by atoms with Crippen LogP contribution in [0.5, 0.6) is 0 Å². The normalized spacial score (nSPS) is 11.9. The molecule has 2 aromatic carbocycles. The van der Waals surface area contributed by atoms with Crippen LogP contribution in [0.3, 0.4) is 0 Å². The predicted molar refractivity (Wildman–Crippen MR) is 123 cm³/mol. The van der Waals surface area contributed by atoms with E-state index in [2.05, 4.69) is 21.8 Å². The lowest BCUT2D eigenvalue weighted by atomic mass is 10.1. The van der Waals surface area contributed by atoms with Crippen LogP contribution in [0.4, 0.5) is 14.5 Å². The van der Waals surface area contributed by atoms with E-state index in [4.69, 9.17) is 39.9 Å². The highest BCUT2D eigenvalue weighted by Gasteiger charge is 2.22. The molecule has 0 aliphatic heterocycles. The van der Waals surface area contributed by atoms with E-state index >= 15 is 0 Å². The summed E-state index contributed by atoms with van der Waals surface area (Å²) in [5.41, 5.74) is -0.806. The van der Waals surface area contributed by atoms with E-state index in [1.807, 2.05) is 4.72 Å². The van der Waals surface area contributed by atoms with Crippen LogP contribution in [0.25, 0.3) is 0 Å². The number of halogens is 5. The van der Waals surface area contributed by atoms with E-state index in [9.17, 15) is 22.0 Å². The van der Waals surface area contributed by atoms with E-state index in [1.54, 1.807) is 0 Å². The summed E-state index contributed by atoms with van der Waals surface area (Å²) in [6.07, 6.45) is 2.29. The molecule has 0 saturated carbocycles. The number of sulfonamides is 1. The number of nitrogens with zero attached hydrogens (tertiary/aromatic N) is 2. The van der Waals surface area contributed by atoms with Gasteiger partial charge in [0, 0.05) is 17.4 Å². The van der Waals surface area contributed by atoms with Gasteiger partial charge in [0.2, 0.25) is 5.28 Å². The number of alkyl halides is 1. The molecule has 1 heterocycles. The summed E-state index contributed by atoms with van der Waals surface area (Å²) in [5, 5.41) is 7.59. The first kappa shape index (κ1) is 25.6. The molecule has 34 heavy (non-hydrogen) atoms. The molecule has 3 rings (SSSR count). The zero-order valence-electron chi connectivity index (χ0n) is 16.7. The summed E-state index contributed by atoms with van der Waals surface area (Å²) in [6.45, 7) is 0. The molecule has 1 unspecified atom stereocenters. The van der Waals surface area contributed by atoms with Crippen molar-refractivity contribution >= 4 is 56.5 Å². The minimum Gasteiger partial charge on any atom is -0.480 e. The van der Waals surface area contributed by atoms with Crippen LogP contribution in [0.2, 0.25) is 10.3 Å². The minimum absolute atomic E-state index is 0.0107. The average Bonchev–Trinajstić information content (AvgIpc) is 2.76. The third kappa shape index (κ3) is 6.33. The fourth-order valence-electron chi connectivity index (χ4n) is 2.65. The minimum atomic E-state index is -4.41. The Labute approximate surface area is 207 Å². The van der Waals surface area contributed by atoms with Gasteiger partial charge in [-0.15, -0.1) is 11.6 Å². The summed E-state index contributed by atoms with van der Waals surface area (Å²) < 4.78 is 56.8. The second-order valence-electron chi connectivity index (χ2n) is 6.69. The smallest absolute Gasteiger partial charge is 0.321 e. The first-order valence-electron chi connectivity index (χ1n) is 9.13. The van der Waals surface area contributed by atoms with Crippen molar-refractivity contribution in [3.8, 4) is 11.8 Å². The van der Waals surface area contributed by atoms with Crippen molar-refractivity contribution in [3.63, 3.8) is 0 Å². The first-order chi connectivity index (χ1) is 16.0. The molecule has 0 radical (unpaired) electrons. The third-order valence-electron chi connectivity index (χ3n) is 4.21. The summed E-state index contributed by atoms with van der Waals surface area (Å²) >= 11 is 17.3. The molecule has 0 aliphatic carbocycles. The Bertz CT molecular complexity index is 1430. The number of carboxylic acid groups (broad SMARTS) is 1. The zero-order valence-corrected chi connectivity index (χ0v) is 19.8. The number of carboxylic acids is 1. The molecule has 2 N–H and O–H groups in total. The lowest BCUT2D eigenvalue weighted by Gasteiger charge is -2.12. The van der Waals surface area contributed by atoms with Crippen molar-refractivity contribution < 1.29 is 27.1 Å². The van der Waals surface area contributed by atoms with Gasteiger partial charge in [-0.25, -0.2) is 27.2 Å². The number of anilines is 1. The number of benzene rings is 2. The number of rotatable bonds is 6. The van der Waals surface area contributed by atoms with Gasteiger partial charge in [0.15, 0.2) is 5.82 Å². The van der Waals surface area contributed by atoms with E-state index < -0.39 is 44.3 Å². The van der Waals surface area contributed by atoms with Gasteiger partial charge < -0.3 is 5.11 Å². The number of hydrogen-bond donors (Lipinski definition) is 2. The van der Waals surface area contributed by atoms with Gasteiger partial charge in [-0.05, 0) is 53.9 Å². The Morgan fingerprint density at radius 2 is 1.79 bits per heavy atom. The second-order valence-corrected chi connectivity index (χ2v) is 9.67. The van der Waals surface area contributed by atoms with Crippen molar-refractivity contribution in [1.82, 2.24) is 9.97 Å². The Morgan fingerprint density at radius 1 is 1.12 bits per heavy atom. The molecule has 176 valence electrons. The monoisotopic (exact) mass is 545 g/mol. The number of aliphatic carboxylic acids is 1. The molecule has 0 fully saturated rings. The fourth-order valence-corrected chi connectivity index (χ4v) is 4.40. The highest BCUT2D eigenvalue weighted by atomic mass is 35.5. The zero-order chi connectivity index (χ0) is 25.0. The molecule has 0 aliphatic rings. The number of aromatic nitrogens is 2. The molecule has 0 bridgehead atoms. The van der Waals surface area contributed by atoms with Gasteiger partial charge in [-0.2, -0.15) is 0 Å². The van der Waals surface area contributed by atoms with Crippen LogP contribution in [0, 0.1) is 23.5 Å². The van der Waals surface area contributed by atoms with Crippen LogP contribution < -0.4 is 4.72 Å². The maximum Gasteiger partial charge on any atom is 0.321 e. The highest BCUT2D eigenvalue weighted by Crippen LogP contribution is 2.26. The number of nitrogens with one attached hydrogen (secondary N) is 1. The topological polar surface area (TPSA) is 109 Å². The van der Waals surface area contributed by atoms with Crippen molar-refractivity contribution in [1.29, 1.82) is 0 Å². The summed E-state index contributed by atoms with van der Waals surface area (Å²) in [6, 6.07) is 5.32. The molecule has 3 aromatic rings. The van der Waals surface area contributed by atoms with Crippen LogP contribution >= 0.6 is 34.8 Å². The Hall–Kier alpha value is -2.97. The van der Waals surface area contributed by atoms with E-state index in [0.29, 0.717) is 0 Å². The largest absolute Gasteiger partial charge is 0.480 e. The van der Waals surface area contributed by atoms with Crippen molar-refractivity contribution in [2.24, 2.45) is 0 Å². The van der Waals surface area contributed by atoms with Crippen molar-refractivity contribution in [2.45, 2.75) is 16.7 Å². The molecule has 0 spiro atoms. The Balaban J connectivity index is 1.94. The molecular formula is C21H12Cl3F2N3O4S. The summed E-state index contributed by atoms with van der Waals surface area (Å²) in [7, 11) is -4.41. The lowest BCUT2D eigenvalue weighted by Crippen LogP contribution is -2.17. The summed E-state index contributed by atoms with van der Waals surface area (Å²) in [4.78, 5) is 18.0. The molecule has 0 amide bonds. The van der Waals surface area contributed by atoms with Crippen molar-refractivity contribution in [3.05, 3.63) is 81.4 Å². The number of carbonyl (C=O) groups is 1. The third-order valence-corrected chi connectivity index (χ3v) is 6.31. The van der Waals surface area contributed by atoms with Gasteiger partial charge in [0.1, 0.15) is 11.2 Å². The maximum atomic E-state index is 14.9. The molecule has 13 heteroatoms. The second kappa shape index (κ2) is 10.5. The highest BCUT2D eigenvalue weighted by molar-refractivity contribution is 7.92. The quantitative estimate of drug-likeness (QED) is 0.268. The van der Waals surface area contributed by atoms with Gasteiger partial charge >= 0.3 is 5.97 Å². The molecule has 1 atom stereocenters.